The van der Waals surface area contributed by atoms with Gasteiger partial charge in [-0.25, -0.2) is 0 Å². The molecule has 2 fully saturated rings. The van der Waals surface area contributed by atoms with Crippen molar-refractivity contribution in [1.29, 1.82) is 0 Å². The number of piperazine rings is 1. The minimum Gasteiger partial charge on any atom is -0.340 e. The average Bonchev–Trinajstić information content (AvgIpc) is 2.40. The number of nitrogens with one attached hydrogen (secondary N) is 1. The van der Waals surface area contributed by atoms with Crippen LogP contribution in [0, 0.1) is 5.92 Å². The molecule has 4 nitrogen and oxygen atoms in total. The number of carbonyl (C=O) groups is 1. The minimum atomic E-state index is 0.126. The summed E-state index contributed by atoms with van der Waals surface area (Å²) < 4.78 is 0. The van der Waals surface area contributed by atoms with Crippen molar-refractivity contribution in [2.45, 2.75) is 39.2 Å². The van der Waals surface area contributed by atoms with Gasteiger partial charge in [-0.3, -0.25) is 9.69 Å². The maximum Gasteiger partial charge on any atom is 0.239 e. The molecule has 0 bridgehead atoms. The second-order valence-corrected chi connectivity index (χ2v) is 5.55. The molecule has 2 rings (SSSR count). The fraction of sp³-hybridized carbons (Fsp3) is 0.929. The number of nitrogens with zero attached hydrogens (tertiary/aromatic N) is 2. The first-order valence-electron chi connectivity index (χ1n) is 7.49. The standard InChI is InChI=1S/C14H27N3O/c1-3-13-14(18)16(4-2)8-9-17(13)11-12-6-5-7-15-10-12/h12-13,15H,3-11H2,1-2H3. The largest absolute Gasteiger partial charge is 0.340 e. The van der Waals surface area contributed by atoms with E-state index in [1.165, 1.54) is 12.8 Å². The zero-order valence-electron chi connectivity index (χ0n) is 11.8. The summed E-state index contributed by atoms with van der Waals surface area (Å²) in [7, 11) is 0. The van der Waals surface area contributed by atoms with E-state index in [4.69, 9.17) is 0 Å². The molecule has 0 aromatic rings. The summed E-state index contributed by atoms with van der Waals surface area (Å²) in [4.78, 5) is 16.7. The van der Waals surface area contributed by atoms with E-state index in [0.717, 1.165) is 51.6 Å². The lowest BCUT2D eigenvalue weighted by molar-refractivity contribution is -0.142. The Hall–Kier alpha value is -0.610. The summed E-state index contributed by atoms with van der Waals surface area (Å²) >= 11 is 0. The number of likely N-dealkylation sites (N-methyl/N-ethyl adjacent to an activating group) is 1. The zero-order valence-corrected chi connectivity index (χ0v) is 11.8. The summed E-state index contributed by atoms with van der Waals surface area (Å²) in [6, 6.07) is 0.126. The van der Waals surface area contributed by atoms with Gasteiger partial charge >= 0.3 is 0 Å². The van der Waals surface area contributed by atoms with E-state index in [-0.39, 0.29) is 6.04 Å². The molecule has 0 aromatic carbocycles. The van der Waals surface area contributed by atoms with Gasteiger partial charge in [-0.15, -0.1) is 0 Å². The summed E-state index contributed by atoms with van der Waals surface area (Å²) in [5.41, 5.74) is 0. The molecule has 2 heterocycles. The summed E-state index contributed by atoms with van der Waals surface area (Å²) in [5, 5.41) is 3.47. The van der Waals surface area contributed by atoms with Crippen molar-refractivity contribution in [3.8, 4) is 0 Å². The summed E-state index contributed by atoms with van der Waals surface area (Å²) in [6.45, 7) is 10.4. The molecule has 0 aromatic heterocycles. The first kappa shape index (κ1) is 13.8. The van der Waals surface area contributed by atoms with Crippen LogP contribution in [0.15, 0.2) is 0 Å². The minimum absolute atomic E-state index is 0.126. The molecule has 2 atom stereocenters. The van der Waals surface area contributed by atoms with E-state index in [1.807, 2.05) is 4.90 Å². The van der Waals surface area contributed by atoms with Gasteiger partial charge in [0.15, 0.2) is 0 Å². The summed E-state index contributed by atoms with van der Waals surface area (Å²) in [6.07, 6.45) is 3.53. The van der Waals surface area contributed by atoms with Crippen molar-refractivity contribution in [2.24, 2.45) is 5.92 Å². The molecule has 1 amide bonds. The Morgan fingerprint density at radius 2 is 2.17 bits per heavy atom. The highest BCUT2D eigenvalue weighted by Crippen LogP contribution is 2.19. The van der Waals surface area contributed by atoms with Crippen LogP contribution < -0.4 is 5.32 Å². The van der Waals surface area contributed by atoms with Gasteiger partial charge < -0.3 is 10.2 Å². The zero-order chi connectivity index (χ0) is 13.0. The van der Waals surface area contributed by atoms with Crippen LogP contribution in [0.4, 0.5) is 0 Å². The van der Waals surface area contributed by atoms with E-state index < -0.39 is 0 Å². The Labute approximate surface area is 111 Å². The van der Waals surface area contributed by atoms with Gasteiger partial charge in [0.2, 0.25) is 5.91 Å². The predicted octanol–water partition coefficient (Wildman–Crippen LogP) is 0.929. The van der Waals surface area contributed by atoms with Crippen molar-refractivity contribution in [3.05, 3.63) is 0 Å². The van der Waals surface area contributed by atoms with Gasteiger partial charge in [0.25, 0.3) is 0 Å². The molecule has 2 aliphatic rings. The molecule has 0 radical (unpaired) electrons. The Kier molecular flexibility index (Phi) is 5.01. The lowest BCUT2D eigenvalue weighted by Gasteiger charge is -2.42. The third kappa shape index (κ3) is 3.04. The highest BCUT2D eigenvalue weighted by molar-refractivity contribution is 5.82. The van der Waals surface area contributed by atoms with Gasteiger partial charge in [0.05, 0.1) is 6.04 Å². The molecule has 18 heavy (non-hydrogen) atoms. The molecule has 0 spiro atoms. The van der Waals surface area contributed by atoms with Crippen LogP contribution in [0.1, 0.15) is 33.1 Å². The molecule has 2 unspecified atom stereocenters. The van der Waals surface area contributed by atoms with E-state index >= 15 is 0 Å². The molecular weight excluding hydrogens is 226 g/mol. The van der Waals surface area contributed by atoms with Crippen LogP contribution in [0.2, 0.25) is 0 Å². The normalized spacial score (nSPS) is 30.8. The van der Waals surface area contributed by atoms with E-state index in [2.05, 4.69) is 24.1 Å². The lowest BCUT2D eigenvalue weighted by atomic mass is 9.97. The molecule has 1 N–H and O–H groups in total. The van der Waals surface area contributed by atoms with Gasteiger partial charge in [0, 0.05) is 26.2 Å². The monoisotopic (exact) mass is 253 g/mol. The van der Waals surface area contributed by atoms with Crippen LogP contribution in [-0.4, -0.2) is 61.0 Å². The van der Waals surface area contributed by atoms with Crippen molar-refractivity contribution >= 4 is 5.91 Å². The molecule has 2 saturated heterocycles. The molecule has 0 saturated carbocycles. The number of rotatable bonds is 4. The SMILES string of the molecule is CCC1C(=O)N(CC)CCN1CC1CCCNC1. The second-order valence-electron chi connectivity index (χ2n) is 5.55. The van der Waals surface area contributed by atoms with Crippen LogP contribution >= 0.6 is 0 Å². The van der Waals surface area contributed by atoms with Crippen LogP contribution in [0.5, 0.6) is 0 Å². The molecule has 2 aliphatic heterocycles. The predicted molar refractivity (Wildman–Crippen MR) is 73.5 cm³/mol. The Balaban J connectivity index is 1.92. The van der Waals surface area contributed by atoms with Gasteiger partial charge in [-0.2, -0.15) is 0 Å². The number of amides is 1. The van der Waals surface area contributed by atoms with E-state index in [1.54, 1.807) is 0 Å². The van der Waals surface area contributed by atoms with Crippen molar-refractivity contribution in [2.75, 3.05) is 39.3 Å². The average molecular weight is 253 g/mol. The molecule has 4 heteroatoms. The quantitative estimate of drug-likeness (QED) is 0.809. The first-order valence-corrected chi connectivity index (χ1v) is 7.49. The third-order valence-corrected chi connectivity index (χ3v) is 4.35. The summed E-state index contributed by atoms with van der Waals surface area (Å²) in [5.74, 6) is 1.07. The van der Waals surface area contributed by atoms with E-state index in [9.17, 15) is 4.79 Å². The first-order chi connectivity index (χ1) is 8.76. The van der Waals surface area contributed by atoms with Gasteiger partial charge in [0.1, 0.15) is 0 Å². The number of piperidine rings is 1. The van der Waals surface area contributed by atoms with Crippen molar-refractivity contribution in [1.82, 2.24) is 15.1 Å². The smallest absolute Gasteiger partial charge is 0.239 e. The van der Waals surface area contributed by atoms with E-state index in [0.29, 0.717) is 5.91 Å². The second kappa shape index (κ2) is 6.53. The number of hydrogen-bond acceptors (Lipinski definition) is 3. The third-order valence-electron chi connectivity index (χ3n) is 4.35. The highest BCUT2D eigenvalue weighted by atomic mass is 16.2. The van der Waals surface area contributed by atoms with Gasteiger partial charge in [-0.1, -0.05) is 6.92 Å². The Morgan fingerprint density at radius 3 is 2.78 bits per heavy atom. The molecular formula is C14H27N3O. The fourth-order valence-electron chi connectivity index (χ4n) is 3.26. The fourth-order valence-corrected chi connectivity index (χ4v) is 3.26. The Bertz CT molecular complexity index is 276. The van der Waals surface area contributed by atoms with Crippen LogP contribution in [0.3, 0.4) is 0 Å². The maximum atomic E-state index is 12.3. The topological polar surface area (TPSA) is 35.6 Å². The molecule has 0 aliphatic carbocycles. The van der Waals surface area contributed by atoms with Gasteiger partial charge in [-0.05, 0) is 45.2 Å². The van der Waals surface area contributed by atoms with Crippen LogP contribution in [-0.2, 0) is 4.79 Å². The van der Waals surface area contributed by atoms with Crippen molar-refractivity contribution in [3.63, 3.8) is 0 Å². The molecule has 104 valence electrons. The maximum absolute atomic E-state index is 12.3. The van der Waals surface area contributed by atoms with Crippen molar-refractivity contribution < 1.29 is 4.79 Å². The van der Waals surface area contributed by atoms with Crippen LogP contribution in [0.25, 0.3) is 0 Å². The lowest BCUT2D eigenvalue weighted by Crippen LogP contribution is -2.58. The number of carbonyl (C=O) groups excluding carboxylic acids is 1. The number of hydrogen-bond donors (Lipinski definition) is 1. The highest BCUT2D eigenvalue weighted by Gasteiger charge is 2.33. The Morgan fingerprint density at radius 1 is 1.33 bits per heavy atom.